The summed E-state index contributed by atoms with van der Waals surface area (Å²) in [7, 11) is 1.40. The van der Waals surface area contributed by atoms with Crippen molar-refractivity contribution in [2.24, 2.45) is 0 Å². The molecule has 1 aromatic carbocycles. The van der Waals surface area contributed by atoms with Crippen molar-refractivity contribution >= 4 is 22.3 Å². The number of halogens is 1. The Balaban J connectivity index is 1.78. The third kappa shape index (κ3) is 3.50. The number of nitrogens with zero attached hydrogens (tertiary/aromatic N) is 3. The van der Waals surface area contributed by atoms with Gasteiger partial charge in [0.25, 0.3) is 5.56 Å². The van der Waals surface area contributed by atoms with Gasteiger partial charge in [-0.1, -0.05) is 18.3 Å². The van der Waals surface area contributed by atoms with Crippen LogP contribution in [0, 0.1) is 5.82 Å². The molecule has 0 unspecified atom stereocenters. The zero-order valence-corrected chi connectivity index (χ0v) is 14.3. The van der Waals surface area contributed by atoms with E-state index in [4.69, 9.17) is 9.47 Å². The minimum Gasteiger partial charge on any atom is -0.497 e. The lowest BCUT2D eigenvalue weighted by molar-refractivity contribution is 0.0462. The number of aromatic nitrogens is 3. The molecule has 0 aliphatic rings. The van der Waals surface area contributed by atoms with Crippen molar-refractivity contribution in [2.75, 3.05) is 7.11 Å². The average Bonchev–Trinajstić information content (AvgIpc) is 3.03. The Morgan fingerprint density at radius 3 is 2.84 bits per heavy atom. The normalized spacial score (nSPS) is 10.8. The molecule has 2 aromatic heterocycles. The van der Waals surface area contributed by atoms with Crippen LogP contribution in [-0.4, -0.2) is 27.7 Å². The Morgan fingerprint density at radius 1 is 1.36 bits per heavy atom. The van der Waals surface area contributed by atoms with E-state index in [-0.39, 0.29) is 23.4 Å². The molecule has 0 N–H and O–H groups in total. The number of carbonyl (C=O) groups is 1. The van der Waals surface area contributed by atoms with Crippen molar-refractivity contribution in [1.82, 2.24) is 14.6 Å². The fourth-order valence-corrected chi connectivity index (χ4v) is 2.98. The van der Waals surface area contributed by atoms with E-state index in [1.807, 2.05) is 6.92 Å². The largest absolute Gasteiger partial charge is 0.497 e. The molecule has 130 valence electrons. The van der Waals surface area contributed by atoms with Crippen LogP contribution in [0.15, 0.2) is 29.1 Å². The summed E-state index contributed by atoms with van der Waals surface area (Å²) in [5.41, 5.74) is -0.300. The van der Waals surface area contributed by atoms with Gasteiger partial charge in [0.05, 0.1) is 18.4 Å². The molecule has 25 heavy (non-hydrogen) atoms. The number of aryl methyl sites for hydroxylation is 1. The SMILES string of the molecule is CCc1nn2c(=O)cc(COC(=O)c3ccc(OC)cc3F)nc2s1. The Bertz CT molecular complexity index is 999. The van der Waals surface area contributed by atoms with E-state index < -0.39 is 11.8 Å². The van der Waals surface area contributed by atoms with Gasteiger partial charge in [-0.2, -0.15) is 9.61 Å². The highest BCUT2D eigenvalue weighted by Gasteiger charge is 2.15. The molecule has 9 heteroatoms. The number of hydrogen-bond donors (Lipinski definition) is 0. The van der Waals surface area contributed by atoms with Gasteiger partial charge in [0.15, 0.2) is 0 Å². The van der Waals surface area contributed by atoms with E-state index in [2.05, 4.69) is 10.1 Å². The first-order valence-electron chi connectivity index (χ1n) is 7.41. The van der Waals surface area contributed by atoms with Gasteiger partial charge in [0.2, 0.25) is 4.96 Å². The van der Waals surface area contributed by atoms with Gasteiger partial charge in [0, 0.05) is 12.1 Å². The predicted octanol–water partition coefficient (Wildman–Crippen LogP) is 2.22. The number of fused-ring (bicyclic) bond motifs is 1. The van der Waals surface area contributed by atoms with Crippen molar-refractivity contribution in [2.45, 2.75) is 20.0 Å². The molecule has 0 saturated carbocycles. The van der Waals surface area contributed by atoms with E-state index in [0.29, 0.717) is 17.1 Å². The van der Waals surface area contributed by atoms with Gasteiger partial charge in [0.1, 0.15) is 23.2 Å². The van der Waals surface area contributed by atoms with E-state index in [1.54, 1.807) is 0 Å². The highest BCUT2D eigenvalue weighted by Crippen LogP contribution is 2.17. The average molecular weight is 363 g/mol. The maximum absolute atomic E-state index is 13.9. The zero-order valence-electron chi connectivity index (χ0n) is 13.5. The number of esters is 1. The Kier molecular flexibility index (Phi) is 4.75. The molecule has 7 nitrogen and oxygen atoms in total. The molecular weight excluding hydrogens is 349 g/mol. The molecule has 2 heterocycles. The van der Waals surface area contributed by atoms with Crippen LogP contribution >= 0.6 is 11.3 Å². The van der Waals surface area contributed by atoms with Gasteiger partial charge in [-0.05, 0) is 18.6 Å². The second-order valence-electron chi connectivity index (χ2n) is 5.05. The first-order valence-corrected chi connectivity index (χ1v) is 8.22. The van der Waals surface area contributed by atoms with Crippen LogP contribution < -0.4 is 10.3 Å². The maximum atomic E-state index is 13.9. The molecule has 0 aliphatic heterocycles. The summed E-state index contributed by atoms with van der Waals surface area (Å²) < 4.78 is 25.0. The quantitative estimate of drug-likeness (QED) is 0.647. The number of benzene rings is 1. The lowest BCUT2D eigenvalue weighted by Crippen LogP contribution is -2.17. The zero-order chi connectivity index (χ0) is 18.0. The summed E-state index contributed by atoms with van der Waals surface area (Å²) in [4.78, 5) is 28.7. The lowest BCUT2D eigenvalue weighted by atomic mass is 10.2. The fraction of sp³-hybridized carbons (Fsp3) is 0.250. The van der Waals surface area contributed by atoms with Gasteiger partial charge >= 0.3 is 5.97 Å². The van der Waals surface area contributed by atoms with Crippen LogP contribution in [0.2, 0.25) is 0 Å². The van der Waals surface area contributed by atoms with E-state index in [9.17, 15) is 14.0 Å². The first-order chi connectivity index (χ1) is 12.0. The van der Waals surface area contributed by atoms with Crippen LogP contribution in [0.3, 0.4) is 0 Å². The van der Waals surface area contributed by atoms with Gasteiger partial charge in [-0.15, -0.1) is 0 Å². The Morgan fingerprint density at radius 2 is 2.16 bits per heavy atom. The topological polar surface area (TPSA) is 82.8 Å². The summed E-state index contributed by atoms with van der Waals surface area (Å²) in [6.07, 6.45) is 0.689. The molecule has 0 saturated heterocycles. The number of ether oxygens (including phenoxy) is 2. The highest BCUT2D eigenvalue weighted by molar-refractivity contribution is 7.16. The number of methoxy groups -OCH3 is 1. The minimum atomic E-state index is -0.847. The molecular formula is C16H14FN3O4S. The molecule has 0 fully saturated rings. The van der Waals surface area contributed by atoms with Gasteiger partial charge in [-0.3, -0.25) is 4.79 Å². The predicted molar refractivity (Wildman–Crippen MR) is 88.6 cm³/mol. The maximum Gasteiger partial charge on any atom is 0.341 e. The van der Waals surface area contributed by atoms with Crippen LogP contribution in [0.1, 0.15) is 28.0 Å². The minimum absolute atomic E-state index is 0.218. The summed E-state index contributed by atoms with van der Waals surface area (Å²) in [5.74, 6) is -1.30. The van der Waals surface area contributed by atoms with Crippen molar-refractivity contribution in [3.05, 3.63) is 56.7 Å². The summed E-state index contributed by atoms with van der Waals surface area (Å²) in [5, 5.41) is 4.91. The molecule has 3 rings (SSSR count). The molecule has 0 bridgehead atoms. The number of hydrogen-bond acceptors (Lipinski definition) is 7. The smallest absolute Gasteiger partial charge is 0.341 e. The molecule has 0 radical (unpaired) electrons. The second kappa shape index (κ2) is 6.98. The number of carbonyl (C=O) groups excluding carboxylic acids is 1. The monoisotopic (exact) mass is 363 g/mol. The first kappa shape index (κ1) is 17.0. The molecule has 0 aliphatic carbocycles. The number of rotatable bonds is 5. The van der Waals surface area contributed by atoms with Crippen LogP contribution in [0.4, 0.5) is 4.39 Å². The third-order valence-electron chi connectivity index (χ3n) is 3.39. The molecule has 0 atom stereocenters. The Labute approximate surface area is 145 Å². The summed E-state index contributed by atoms with van der Waals surface area (Å²) in [6, 6.07) is 5.07. The van der Waals surface area contributed by atoms with Crippen LogP contribution in [0.5, 0.6) is 5.75 Å². The Hall–Kier alpha value is -2.81. The van der Waals surface area contributed by atoms with E-state index in [1.165, 1.54) is 41.2 Å². The standard InChI is InChI=1S/C16H14FN3O4S/c1-3-13-19-20-14(21)6-9(18-16(20)25-13)8-24-15(22)11-5-4-10(23-2)7-12(11)17/h4-7H,3,8H2,1-2H3. The fourth-order valence-electron chi connectivity index (χ4n) is 2.12. The van der Waals surface area contributed by atoms with Gasteiger partial charge in [-0.25, -0.2) is 14.2 Å². The van der Waals surface area contributed by atoms with Crippen molar-refractivity contribution in [3.63, 3.8) is 0 Å². The lowest BCUT2D eigenvalue weighted by Gasteiger charge is -2.06. The van der Waals surface area contributed by atoms with Gasteiger partial charge < -0.3 is 9.47 Å². The van der Waals surface area contributed by atoms with Crippen LogP contribution in [0.25, 0.3) is 4.96 Å². The summed E-state index contributed by atoms with van der Waals surface area (Å²) >= 11 is 1.29. The van der Waals surface area contributed by atoms with E-state index >= 15 is 0 Å². The van der Waals surface area contributed by atoms with Crippen molar-refractivity contribution < 1.29 is 18.7 Å². The molecule has 0 spiro atoms. The summed E-state index contributed by atoms with van der Waals surface area (Å²) in [6.45, 7) is 1.68. The van der Waals surface area contributed by atoms with Crippen molar-refractivity contribution in [1.29, 1.82) is 0 Å². The van der Waals surface area contributed by atoms with E-state index in [0.717, 1.165) is 11.1 Å². The van der Waals surface area contributed by atoms with Crippen molar-refractivity contribution in [3.8, 4) is 5.75 Å². The van der Waals surface area contributed by atoms with Crippen LogP contribution in [-0.2, 0) is 17.8 Å². The molecule has 0 amide bonds. The highest BCUT2D eigenvalue weighted by atomic mass is 32.1. The second-order valence-corrected chi connectivity index (χ2v) is 6.09. The molecule has 3 aromatic rings. The third-order valence-corrected chi connectivity index (χ3v) is 4.44.